The summed E-state index contributed by atoms with van der Waals surface area (Å²) in [4.78, 5) is 15.2. The zero-order valence-corrected chi connectivity index (χ0v) is 16.7. The van der Waals surface area contributed by atoms with Crippen LogP contribution in [0.5, 0.6) is 11.5 Å². The van der Waals surface area contributed by atoms with Crippen LogP contribution in [-0.2, 0) is 0 Å². The summed E-state index contributed by atoms with van der Waals surface area (Å²) in [5.74, 6) is 1.10. The minimum absolute atomic E-state index is 0.0594. The molecule has 0 fully saturated rings. The Labute approximate surface area is 161 Å². The van der Waals surface area contributed by atoms with Gasteiger partial charge in [-0.15, -0.1) is 0 Å². The molecule has 144 valence electrons. The standard InChI is InChI=1S/C22H28N2O3/c1-6-7-16(12-15-8-10-19(23)20(13-15)24(2)3)22(25)18-14-17(26-4)9-11-21(18)27-5/h8-14H,6-7,23H2,1-5H3. The van der Waals surface area contributed by atoms with Crippen molar-refractivity contribution < 1.29 is 14.3 Å². The summed E-state index contributed by atoms with van der Waals surface area (Å²) in [6, 6.07) is 11.0. The van der Waals surface area contributed by atoms with E-state index in [4.69, 9.17) is 15.2 Å². The molecule has 5 heteroatoms. The van der Waals surface area contributed by atoms with Crippen molar-refractivity contribution in [3.05, 3.63) is 53.1 Å². The Morgan fingerprint density at radius 1 is 1.11 bits per heavy atom. The lowest BCUT2D eigenvalue weighted by atomic mass is 9.96. The minimum Gasteiger partial charge on any atom is -0.497 e. The molecule has 0 amide bonds. The number of benzene rings is 2. The van der Waals surface area contributed by atoms with Crippen LogP contribution in [0, 0.1) is 0 Å². The first-order valence-electron chi connectivity index (χ1n) is 8.95. The molecule has 27 heavy (non-hydrogen) atoms. The Bertz CT molecular complexity index is 841. The van der Waals surface area contributed by atoms with Crippen molar-refractivity contribution in [3.8, 4) is 11.5 Å². The molecule has 0 saturated heterocycles. The predicted octanol–water partition coefficient (Wildman–Crippen LogP) is 4.42. The summed E-state index contributed by atoms with van der Waals surface area (Å²) < 4.78 is 10.7. The van der Waals surface area contributed by atoms with Crippen LogP contribution in [-0.4, -0.2) is 34.1 Å². The van der Waals surface area contributed by atoms with Crippen molar-refractivity contribution in [1.82, 2.24) is 0 Å². The highest BCUT2D eigenvalue weighted by atomic mass is 16.5. The lowest BCUT2D eigenvalue weighted by molar-refractivity contribution is 0.102. The number of methoxy groups -OCH3 is 2. The number of ketones is 1. The van der Waals surface area contributed by atoms with Gasteiger partial charge < -0.3 is 20.1 Å². The number of anilines is 2. The number of ether oxygens (including phenoxy) is 2. The van der Waals surface area contributed by atoms with Crippen molar-refractivity contribution >= 4 is 23.2 Å². The van der Waals surface area contributed by atoms with Gasteiger partial charge in [0.25, 0.3) is 0 Å². The van der Waals surface area contributed by atoms with Crippen molar-refractivity contribution in [1.29, 1.82) is 0 Å². The fourth-order valence-corrected chi connectivity index (χ4v) is 2.92. The third-order valence-corrected chi connectivity index (χ3v) is 4.34. The van der Waals surface area contributed by atoms with Crippen molar-refractivity contribution in [2.45, 2.75) is 19.8 Å². The van der Waals surface area contributed by atoms with Gasteiger partial charge in [0.15, 0.2) is 5.78 Å². The molecule has 0 aliphatic heterocycles. The number of hydrogen-bond donors (Lipinski definition) is 1. The van der Waals surface area contributed by atoms with E-state index < -0.39 is 0 Å². The van der Waals surface area contributed by atoms with Gasteiger partial charge >= 0.3 is 0 Å². The quantitative estimate of drug-likeness (QED) is 0.424. The van der Waals surface area contributed by atoms with Gasteiger partial charge in [-0.3, -0.25) is 4.79 Å². The van der Waals surface area contributed by atoms with Crippen LogP contribution in [0.2, 0.25) is 0 Å². The second kappa shape index (κ2) is 9.12. The fraction of sp³-hybridized carbons (Fsp3) is 0.318. The van der Waals surface area contributed by atoms with E-state index in [1.165, 1.54) is 0 Å². The normalized spacial score (nSPS) is 11.2. The zero-order chi connectivity index (χ0) is 20.0. The van der Waals surface area contributed by atoms with Crippen LogP contribution in [0.25, 0.3) is 6.08 Å². The SMILES string of the molecule is CCCC(=Cc1ccc(N)c(N(C)C)c1)C(=O)c1cc(OC)ccc1OC. The van der Waals surface area contributed by atoms with Crippen LogP contribution >= 0.6 is 0 Å². The minimum atomic E-state index is -0.0594. The van der Waals surface area contributed by atoms with E-state index in [0.29, 0.717) is 29.2 Å². The molecule has 0 spiro atoms. The maximum atomic E-state index is 13.2. The number of carbonyl (C=O) groups is 1. The van der Waals surface area contributed by atoms with Crippen molar-refractivity contribution in [2.24, 2.45) is 0 Å². The molecule has 5 nitrogen and oxygen atoms in total. The molecule has 2 N–H and O–H groups in total. The smallest absolute Gasteiger partial charge is 0.192 e. The van der Waals surface area contributed by atoms with Crippen LogP contribution in [0.15, 0.2) is 42.0 Å². The van der Waals surface area contributed by atoms with E-state index in [2.05, 4.69) is 6.92 Å². The van der Waals surface area contributed by atoms with E-state index in [1.54, 1.807) is 32.4 Å². The molecule has 2 aromatic carbocycles. The Hall–Kier alpha value is -2.95. The van der Waals surface area contributed by atoms with Gasteiger partial charge in [-0.2, -0.15) is 0 Å². The van der Waals surface area contributed by atoms with E-state index >= 15 is 0 Å². The lowest BCUT2D eigenvalue weighted by Crippen LogP contribution is -2.11. The number of nitrogens with zero attached hydrogens (tertiary/aromatic N) is 1. The highest BCUT2D eigenvalue weighted by molar-refractivity contribution is 6.13. The third kappa shape index (κ3) is 4.82. The molecule has 0 unspecified atom stereocenters. The van der Waals surface area contributed by atoms with E-state index in [9.17, 15) is 4.79 Å². The molecule has 0 atom stereocenters. The average molecular weight is 368 g/mol. The second-order valence-corrected chi connectivity index (χ2v) is 6.53. The first-order valence-corrected chi connectivity index (χ1v) is 8.95. The van der Waals surface area contributed by atoms with E-state index in [1.807, 2.05) is 43.3 Å². The van der Waals surface area contributed by atoms with Gasteiger partial charge in [-0.25, -0.2) is 0 Å². The topological polar surface area (TPSA) is 64.8 Å². The Kier molecular flexibility index (Phi) is 6.88. The molecule has 0 aromatic heterocycles. The molecule has 0 saturated carbocycles. The van der Waals surface area contributed by atoms with Crippen LogP contribution in [0.1, 0.15) is 35.7 Å². The van der Waals surface area contributed by atoms with Gasteiger partial charge in [0, 0.05) is 19.7 Å². The summed E-state index contributed by atoms with van der Waals surface area (Å²) in [6.07, 6.45) is 3.46. The third-order valence-electron chi connectivity index (χ3n) is 4.34. The van der Waals surface area contributed by atoms with Gasteiger partial charge in [0.1, 0.15) is 11.5 Å². The number of hydrogen-bond acceptors (Lipinski definition) is 5. The zero-order valence-electron chi connectivity index (χ0n) is 16.7. The monoisotopic (exact) mass is 368 g/mol. The Morgan fingerprint density at radius 3 is 2.44 bits per heavy atom. The molecule has 0 aliphatic carbocycles. The first kappa shape index (κ1) is 20.4. The summed E-state index contributed by atoms with van der Waals surface area (Å²) >= 11 is 0. The number of carbonyl (C=O) groups excluding carboxylic acids is 1. The lowest BCUT2D eigenvalue weighted by Gasteiger charge is -2.16. The van der Waals surface area contributed by atoms with Crippen LogP contribution in [0.4, 0.5) is 11.4 Å². The Morgan fingerprint density at radius 2 is 1.85 bits per heavy atom. The number of nitrogens with two attached hydrogens (primary N) is 1. The molecule has 0 aliphatic rings. The van der Waals surface area contributed by atoms with E-state index in [0.717, 1.165) is 23.2 Å². The van der Waals surface area contributed by atoms with Gasteiger partial charge in [0.2, 0.25) is 0 Å². The summed E-state index contributed by atoms with van der Waals surface area (Å²) in [6.45, 7) is 2.05. The fourth-order valence-electron chi connectivity index (χ4n) is 2.92. The first-order chi connectivity index (χ1) is 12.9. The molecule has 2 rings (SSSR count). The maximum absolute atomic E-state index is 13.2. The summed E-state index contributed by atoms with van der Waals surface area (Å²) in [5, 5.41) is 0. The number of allylic oxidation sites excluding steroid dienone is 1. The number of nitrogen functional groups attached to an aromatic ring is 1. The largest absolute Gasteiger partial charge is 0.497 e. The molecule has 0 heterocycles. The molecule has 2 aromatic rings. The predicted molar refractivity (Wildman–Crippen MR) is 112 cm³/mol. The van der Waals surface area contributed by atoms with Gasteiger partial charge in [0.05, 0.1) is 31.2 Å². The molecule has 0 radical (unpaired) electrons. The summed E-state index contributed by atoms with van der Waals surface area (Å²) in [7, 11) is 7.03. The molecular formula is C22H28N2O3. The number of Topliss-reactive ketones (excluding diaryl/α,β-unsaturated/α-hetero) is 1. The molecule has 0 bridgehead atoms. The van der Waals surface area contributed by atoms with E-state index in [-0.39, 0.29) is 5.78 Å². The molecular weight excluding hydrogens is 340 g/mol. The van der Waals surface area contributed by atoms with Gasteiger partial charge in [-0.05, 0) is 48.4 Å². The highest BCUT2D eigenvalue weighted by Gasteiger charge is 2.18. The average Bonchev–Trinajstić information content (AvgIpc) is 2.67. The maximum Gasteiger partial charge on any atom is 0.192 e. The van der Waals surface area contributed by atoms with Crippen LogP contribution < -0.4 is 20.1 Å². The second-order valence-electron chi connectivity index (χ2n) is 6.53. The number of rotatable bonds is 8. The summed E-state index contributed by atoms with van der Waals surface area (Å²) in [5.41, 5.74) is 9.82. The Balaban J connectivity index is 2.50. The van der Waals surface area contributed by atoms with Gasteiger partial charge in [-0.1, -0.05) is 19.4 Å². The van der Waals surface area contributed by atoms with Crippen molar-refractivity contribution in [3.63, 3.8) is 0 Å². The van der Waals surface area contributed by atoms with Crippen molar-refractivity contribution in [2.75, 3.05) is 38.9 Å². The highest BCUT2D eigenvalue weighted by Crippen LogP contribution is 2.29. The van der Waals surface area contributed by atoms with Crippen LogP contribution in [0.3, 0.4) is 0 Å².